The number of rotatable bonds is 3. The van der Waals surface area contributed by atoms with E-state index in [0.29, 0.717) is 24.7 Å². The van der Waals surface area contributed by atoms with E-state index in [4.69, 9.17) is 4.74 Å². The molecule has 6 nitrogen and oxygen atoms in total. The van der Waals surface area contributed by atoms with Gasteiger partial charge in [0.25, 0.3) is 5.91 Å². The second-order valence-electron chi connectivity index (χ2n) is 6.62. The summed E-state index contributed by atoms with van der Waals surface area (Å²) >= 11 is 0. The summed E-state index contributed by atoms with van der Waals surface area (Å²) < 4.78 is 21.0. The van der Waals surface area contributed by atoms with Crippen molar-refractivity contribution in [2.75, 3.05) is 13.1 Å². The summed E-state index contributed by atoms with van der Waals surface area (Å²) in [6.45, 7) is 2.05. The van der Waals surface area contributed by atoms with E-state index in [9.17, 15) is 9.18 Å². The van der Waals surface area contributed by atoms with E-state index in [1.807, 2.05) is 9.47 Å². The van der Waals surface area contributed by atoms with Crippen LogP contribution in [0, 0.1) is 5.82 Å². The summed E-state index contributed by atoms with van der Waals surface area (Å²) in [5.41, 5.74) is 0. The van der Waals surface area contributed by atoms with Crippen molar-refractivity contribution in [1.29, 1.82) is 0 Å². The van der Waals surface area contributed by atoms with Gasteiger partial charge in [-0.2, -0.15) is 0 Å². The smallest absolute Gasteiger partial charge is 0.291 e. The standard InChI is InChI=1S/C18H21FN4O2/c19-13-4-3-5-15(12-13)25-14-7-10-22(11-8-14)18(24)17-21-20-16-6-1-2-9-23(16)17/h3-5,12,14H,1-2,6-11H2. The molecule has 2 aliphatic rings. The molecule has 0 radical (unpaired) electrons. The number of aryl methyl sites for hydroxylation is 1. The molecule has 0 N–H and O–H groups in total. The summed E-state index contributed by atoms with van der Waals surface area (Å²) in [5.74, 6) is 1.56. The number of hydrogen-bond donors (Lipinski definition) is 0. The average molecular weight is 344 g/mol. The first-order chi connectivity index (χ1) is 12.2. The lowest BCUT2D eigenvalue weighted by Crippen LogP contribution is -2.42. The van der Waals surface area contributed by atoms with Crippen molar-refractivity contribution in [2.24, 2.45) is 0 Å². The van der Waals surface area contributed by atoms with Gasteiger partial charge in [-0.1, -0.05) is 6.07 Å². The molecule has 132 valence electrons. The molecule has 1 aromatic carbocycles. The van der Waals surface area contributed by atoms with Crippen LogP contribution in [-0.4, -0.2) is 44.8 Å². The van der Waals surface area contributed by atoms with Gasteiger partial charge < -0.3 is 14.2 Å². The fraction of sp³-hybridized carbons (Fsp3) is 0.500. The van der Waals surface area contributed by atoms with E-state index in [0.717, 1.165) is 44.5 Å². The Morgan fingerprint density at radius 1 is 1.16 bits per heavy atom. The first-order valence-corrected chi connectivity index (χ1v) is 8.84. The van der Waals surface area contributed by atoms with E-state index in [2.05, 4.69) is 10.2 Å². The Hall–Kier alpha value is -2.44. The van der Waals surface area contributed by atoms with Crippen molar-refractivity contribution in [1.82, 2.24) is 19.7 Å². The minimum atomic E-state index is -0.304. The molecule has 2 aromatic rings. The number of carbonyl (C=O) groups is 1. The third-order valence-electron chi connectivity index (χ3n) is 4.88. The van der Waals surface area contributed by atoms with Gasteiger partial charge in [0.15, 0.2) is 0 Å². The number of likely N-dealkylation sites (tertiary alicyclic amines) is 1. The summed E-state index contributed by atoms with van der Waals surface area (Å²) in [5, 5.41) is 8.28. The molecular weight excluding hydrogens is 323 g/mol. The maximum absolute atomic E-state index is 13.2. The number of benzene rings is 1. The van der Waals surface area contributed by atoms with Crippen LogP contribution >= 0.6 is 0 Å². The Bertz CT molecular complexity index is 768. The highest BCUT2D eigenvalue weighted by Gasteiger charge is 2.29. The van der Waals surface area contributed by atoms with Crippen LogP contribution < -0.4 is 4.74 Å². The number of fused-ring (bicyclic) bond motifs is 1. The van der Waals surface area contributed by atoms with Crippen LogP contribution in [0.2, 0.25) is 0 Å². The van der Waals surface area contributed by atoms with Gasteiger partial charge >= 0.3 is 0 Å². The van der Waals surface area contributed by atoms with Gasteiger partial charge in [-0.05, 0) is 25.0 Å². The predicted octanol–water partition coefficient (Wildman–Crippen LogP) is 2.44. The SMILES string of the molecule is O=C(c1nnc2n1CCCC2)N1CCC(Oc2cccc(F)c2)CC1. The third kappa shape index (κ3) is 3.36. The first kappa shape index (κ1) is 16.1. The number of nitrogens with zero attached hydrogens (tertiary/aromatic N) is 4. The molecule has 0 atom stereocenters. The molecular formula is C18H21FN4O2. The highest BCUT2D eigenvalue weighted by atomic mass is 19.1. The van der Waals surface area contributed by atoms with Crippen molar-refractivity contribution in [3.63, 3.8) is 0 Å². The van der Waals surface area contributed by atoms with Crippen molar-refractivity contribution >= 4 is 5.91 Å². The summed E-state index contributed by atoms with van der Waals surface area (Å²) in [4.78, 5) is 14.6. The molecule has 1 aromatic heterocycles. The second-order valence-corrected chi connectivity index (χ2v) is 6.62. The molecule has 1 amide bonds. The van der Waals surface area contributed by atoms with Gasteiger partial charge in [0.05, 0.1) is 0 Å². The summed E-state index contributed by atoms with van der Waals surface area (Å²) in [7, 11) is 0. The minimum absolute atomic E-state index is 0.00170. The van der Waals surface area contributed by atoms with Crippen LogP contribution in [0.15, 0.2) is 24.3 Å². The molecule has 4 rings (SSSR count). The zero-order valence-electron chi connectivity index (χ0n) is 14.0. The Balaban J connectivity index is 1.37. The van der Waals surface area contributed by atoms with E-state index >= 15 is 0 Å². The van der Waals surface area contributed by atoms with Crippen LogP contribution in [0.25, 0.3) is 0 Å². The van der Waals surface area contributed by atoms with Crippen LogP contribution in [0.4, 0.5) is 4.39 Å². The number of amides is 1. The molecule has 3 heterocycles. The normalized spacial score (nSPS) is 18.0. The Morgan fingerprint density at radius 2 is 2.00 bits per heavy atom. The second kappa shape index (κ2) is 6.82. The molecule has 0 aliphatic carbocycles. The van der Waals surface area contributed by atoms with E-state index < -0.39 is 0 Å². The van der Waals surface area contributed by atoms with Crippen LogP contribution in [0.3, 0.4) is 0 Å². The van der Waals surface area contributed by atoms with Crippen molar-refractivity contribution in [2.45, 2.75) is 44.8 Å². The minimum Gasteiger partial charge on any atom is -0.490 e. The third-order valence-corrected chi connectivity index (χ3v) is 4.88. The number of piperidine rings is 1. The number of carbonyl (C=O) groups excluding carboxylic acids is 1. The topological polar surface area (TPSA) is 60.2 Å². The van der Waals surface area contributed by atoms with Crippen LogP contribution in [0.1, 0.15) is 42.1 Å². The van der Waals surface area contributed by atoms with Gasteiger partial charge in [0.2, 0.25) is 5.82 Å². The van der Waals surface area contributed by atoms with Crippen LogP contribution in [0.5, 0.6) is 5.75 Å². The zero-order chi connectivity index (χ0) is 17.2. The highest BCUT2D eigenvalue weighted by Crippen LogP contribution is 2.21. The maximum Gasteiger partial charge on any atom is 0.291 e. The largest absolute Gasteiger partial charge is 0.490 e. The number of halogens is 1. The van der Waals surface area contributed by atoms with Gasteiger partial charge in [-0.25, -0.2) is 4.39 Å². The van der Waals surface area contributed by atoms with Crippen molar-refractivity contribution in [3.05, 3.63) is 41.7 Å². The fourth-order valence-electron chi connectivity index (χ4n) is 3.52. The number of ether oxygens (including phenoxy) is 1. The molecule has 0 unspecified atom stereocenters. The average Bonchev–Trinajstić information content (AvgIpc) is 3.06. The molecule has 2 aliphatic heterocycles. The number of aromatic nitrogens is 3. The Morgan fingerprint density at radius 3 is 2.80 bits per heavy atom. The van der Waals surface area contributed by atoms with Gasteiger partial charge in [0.1, 0.15) is 23.5 Å². The van der Waals surface area contributed by atoms with Gasteiger partial charge in [0, 0.05) is 45.0 Å². The highest BCUT2D eigenvalue weighted by molar-refractivity contribution is 5.90. The fourth-order valence-corrected chi connectivity index (χ4v) is 3.52. The lowest BCUT2D eigenvalue weighted by molar-refractivity contribution is 0.0578. The quantitative estimate of drug-likeness (QED) is 0.858. The Kier molecular flexibility index (Phi) is 4.38. The zero-order valence-corrected chi connectivity index (χ0v) is 14.0. The lowest BCUT2D eigenvalue weighted by atomic mass is 10.1. The molecule has 0 spiro atoms. The Labute approximate surface area is 145 Å². The van der Waals surface area contributed by atoms with Gasteiger partial charge in [-0.15, -0.1) is 10.2 Å². The van der Waals surface area contributed by atoms with Crippen LogP contribution in [-0.2, 0) is 13.0 Å². The maximum atomic E-state index is 13.2. The summed E-state index contributed by atoms with van der Waals surface area (Å²) in [6, 6.07) is 6.17. The molecule has 1 saturated heterocycles. The van der Waals surface area contributed by atoms with Crippen molar-refractivity contribution < 1.29 is 13.9 Å². The molecule has 0 saturated carbocycles. The van der Waals surface area contributed by atoms with E-state index in [1.165, 1.54) is 12.1 Å². The van der Waals surface area contributed by atoms with Crippen molar-refractivity contribution in [3.8, 4) is 5.75 Å². The van der Waals surface area contributed by atoms with E-state index in [1.54, 1.807) is 12.1 Å². The van der Waals surface area contributed by atoms with E-state index in [-0.39, 0.29) is 17.8 Å². The molecule has 7 heteroatoms. The predicted molar refractivity (Wildman–Crippen MR) is 88.9 cm³/mol. The first-order valence-electron chi connectivity index (χ1n) is 8.84. The number of hydrogen-bond acceptors (Lipinski definition) is 4. The summed E-state index contributed by atoms with van der Waals surface area (Å²) in [6.07, 6.45) is 4.51. The molecule has 25 heavy (non-hydrogen) atoms. The lowest BCUT2D eigenvalue weighted by Gasteiger charge is -2.32. The molecule has 1 fully saturated rings. The van der Waals surface area contributed by atoms with Gasteiger partial charge in [-0.3, -0.25) is 4.79 Å². The molecule has 0 bridgehead atoms. The monoisotopic (exact) mass is 344 g/mol.